The molecule has 1 aliphatic rings. The van der Waals surface area contributed by atoms with Crippen molar-refractivity contribution in [2.24, 2.45) is 0 Å². The van der Waals surface area contributed by atoms with Gasteiger partial charge < -0.3 is 20.3 Å². The van der Waals surface area contributed by atoms with Crippen LogP contribution in [-0.4, -0.2) is 52.5 Å². The van der Waals surface area contributed by atoms with Gasteiger partial charge in [-0.25, -0.2) is 4.79 Å². The number of ether oxygens (including phenoxy) is 1. The second kappa shape index (κ2) is 13.2. The Balaban J connectivity index is 1.95. The number of alkyl carbamates (subject to hydrolysis) is 1. The van der Waals surface area contributed by atoms with Gasteiger partial charge in [-0.3, -0.25) is 9.59 Å². The first-order valence-corrected chi connectivity index (χ1v) is 14.6. The van der Waals surface area contributed by atoms with Gasteiger partial charge in [-0.1, -0.05) is 54.1 Å². The first kappa shape index (κ1) is 29.6. The molecule has 38 heavy (non-hydrogen) atoms. The molecule has 1 aliphatic carbocycles. The van der Waals surface area contributed by atoms with Crippen LogP contribution in [0.4, 0.5) is 4.79 Å². The van der Waals surface area contributed by atoms with E-state index in [0.717, 1.165) is 35.1 Å². The van der Waals surface area contributed by atoms with Crippen LogP contribution >= 0.6 is 11.8 Å². The van der Waals surface area contributed by atoms with Crippen LogP contribution in [0.25, 0.3) is 0 Å². The fraction of sp³-hybridized carbons (Fsp3) is 0.500. The molecule has 206 valence electrons. The zero-order valence-corrected chi connectivity index (χ0v) is 24.2. The molecule has 2 unspecified atom stereocenters. The SMILES string of the molecule is CSCCC(NC(=O)OC(C)(C)C)C(=O)N(C1CC1)C(C(=O)NCc1ccccc1)c1ccc(C)cc1C. The van der Waals surface area contributed by atoms with Gasteiger partial charge in [0.05, 0.1) is 0 Å². The van der Waals surface area contributed by atoms with E-state index in [1.807, 2.05) is 68.6 Å². The fourth-order valence-electron chi connectivity index (χ4n) is 4.43. The van der Waals surface area contributed by atoms with Crippen molar-refractivity contribution in [3.05, 3.63) is 70.8 Å². The molecule has 8 heteroatoms. The van der Waals surface area contributed by atoms with Gasteiger partial charge in [-0.05, 0) is 82.6 Å². The van der Waals surface area contributed by atoms with Crippen LogP contribution in [0.15, 0.2) is 48.5 Å². The predicted octanol–water partition coefficient (Wildman–Crippen LogP) is 5.30. The lowest BCUT2D eigenvalue weighted by Crippen LogP contribution is -2.54. The standard InChI is InChI=1S/C30H41N3O4S/c1-20-12-15-24(21(2)18-20)26(27(34)31-19-22-10-8-7-9-11-22)33(23-13-14-23)28(35)25(16-17-38-6)32-29(36)37-30(3,4)5/h7-12,15,18,23,25-26H,13-14,16-17,19H2,1-6H3,(H,31,34)(H,32,36). The third-order valence-corrected chi connectivity index (χ3v) is 6.99. The van der Waals surface area contributed by atoms with Crippen molar-refractivity contribution in [3.8, 4) is 0 Å². The number of hydrogen-bond acceptors (Lipinski definition) is 5. The van der Waals surface area contributed by atoms with Crippen LogP contribution in [0, 0.1) is 13.8 Å². The number of rotatable bonds is 11. The molecule has 0 saturated heterocycles. The van der Waals surface area contributed by atoms with Gasteiger partial charge in [0.1, 0.15) is 17.7 Å². The minimum atomic E-state index is -0.809. The van der Waals surface area contributed by atoms with Crippen molar-refractivity contribution in [1.29, 1.82) is 0 Å². The van der Waals surface area contributed by atoms with Gasteiger partial charge in [0, 0.05) is 12.6 Å². The highest BCUT2D eigenvalue weighted by Gasteiger charge is 2.44. The summed E-state index contributed by atoms with van der Waals surface area (Å²) in [5.41, 5.74) is 3.12. The first-order valence-electron chi connectivity index (χ1n) is 13.2. The number of carbonyl (C=O) groups is 3. The number of aryl methyl sites for hydroxylation is 2. The van der Waals surface area contributed by atoms with Crippen molar-refractivity contribution < 1.29 is 19.1 Å². The topological polar surface area (TPSA) is 87.7 Å². The summed E-state index contributed by atoms with van der Waals surface area (Å²) in [4.78, 5) is 42.4. The molecule has 0 bridgehead atoms. The lowest BCUT2D eigenvalue weighted by molar-refractivity contribution is -0.143. The molecular weight excluding hydrogens is 498 g/mol. The molecule has 7 nitrogen and oxygen atoms in total. The Hall–Kier alpha value is -3.00. The molecule has 2 aromatic rings. The summed E-state index contributed by atoms with van der Waals surface area (Å²) in [5.74, 6) is 0.188. The van der Waals surface area contributed by atoms with Gasteiger partial charge >= 0.3 is 6.09 Å². The van der Waals surface area contributed by atoms with Crippen molar-refractivity contribution in [3.63, 3.8) is 0 Å². The Morgan fingerprint density at radius 3 is 2.34 bits per heavy atom. The van der Waals surface area contributed by atoms with Gasteiger partial charge in [-0.15, -0.1) is 0 Å². The predicted molar refractivity (Wildman–Crippen MR) is 153 cm³/mol. The molecule has 0 aromatic heterocycles. The van der Waals surface area contributed by atoms with Crippen LogP contribution in [0.2, 0.25) is 0 Å². The molecule has 0 spiro atoms. The van der Waals surface area contributed by atoms with Crippen LogP contribution in [0.1, 0.15) is 68.3 Å². The van der Waals surface area contributed by atoms with E-state index in [1.54, 1.807) is 37.4 Å². The van der Waals surface area contributed by atoms with Gasteiger partial charge in [0.15, 0.2) is 0 Å². The van der Waals surface area contributed by atoms with E-state index in [1.165, 1.54) is 0 Å². The number of hydrogen-bond donors (Lipinski definition) is 2. The van der Waals surface area contributed by atoms with Crippen molar-refractivity contribution in [1.82, 2.24) is 15.5 Å². The second-order valence-electron chi connectivity index (χ2n) is 10.9. The van der Waals surface area contributed by atoms with E-state index in [4.69, 9.17) is 4.74 Å². The molecule has 2 N–H and O–H groups in total. The van der Waals surface area contributed by atoms with Crippen LogP contribution in [0.3, 0.4) is 0 Å². The van der Waals surface area contributed by atoms with Crippen molar-refractivity contribution in [2.75, 3.05) is 12.0 Å². The molecule has 3 amide bonds. The summed E-state index contributed by atoms with van der Waals surface area (Å²) in [5, 5.41) is 5.86. The van der Waals surface area contributed by atoms with Crippen molar-refractivity contribution in [2.45, 2.75) is 84.2 Å². The highest BCUT2D eigenvalue weighted by atomic mass is 32.2. The molecule has 3 rings (SSSR count). The maximum atomic E-state index is 14.2. The number of thioether (sulfide) groups is 1. The molecule has 0 heterocycles. The number of nitrogens with one attached hydrogen (secondary N) is 2. The van der Waals surface area contributed by atoms with Crippen LogP contribution in [0.5, 0.6) is 0 Å². The minimum absolute atomic E-state index is 0.0621. The largest absolute Gasteiger partial charge is 0.444 e. The summed E-state index contributed by atoms with van der Waals surface area (Å²) in [6.45, 7) is 9.70. The Kier molecular flexibility index (Phi) is 10.3. The van der Waals surface area contributed by atoms with E-state index in [-0.39, 0.29) is 17.9 Å². The lowest BCUT2D eigenvalue weighted by Gasteiger charge is -2.35. The number of amides is 3. The van der Waals surface area contributed by atoms with E-state index < -0.39 is 23.8 Å². The molecule has 0 aliphatic heterocycles. The van der Waals surface area contributed by atoms with Gasteiger partial charge in [0.2, 0.25) is 11.8 Å². The van der Waals surface area contributed by atoms with E-state index in [9.17, 15) is 14.4 Å². The van der Waals surface area contributed by atoms with Crippen LogP contribution < -0.4 is 10.6 Å². The Labute approximate surface area is 231 Å². The highest BCUT2D eigenvalue weighted by molar-refractivity contribution is 7.98. The molecule has 0 radical (unpaired) electrons. The summed E-state index contributed by atoms with van der Waals surface area (Å²) in [6, 6.07) is 14.0. The smallest absolute Gasteiger partial charge is 0.408 e. The molecule has 1 fully saturated rings. The van der Waals surface area contributed by atoms with E-state index in [0.29, 0.717) is 18.7 Å². The highest BCUT2D eigenvalue weighted by Crippen LogP contribution is 2.37. The van der Waals surface area contributed by atoms with E-state index in [2.05, 4.69) is 10.6 Å². The van der Waals surface area contributed by atoms with Gasteiger partial charge in [-0.2, -0.15) is 11.8 Å². The molecule has 2 aromatic carbocycles. The summed E-state index contributed by atoms with van der Waals surface area (Å²) in [6.07, 6.45) is 3.41. The number of benzene rings is 2. The normalized spacial score (nSPS) is 14.8. The Morgan fingerprint density at radius 1 is 1.08 bits per heavy atom. The quantitative estimate of drug-likeness (QED) is 0.405. The average molecular weight is 540 g/mol. The van der Waals surface area contributed by atoms with Gasteiger partial charge in [0.25, 0.3) is 0 Å². The lowest BCUT2D eigenvalue weighted by atomic mass is 9.96. The zero-order chi connectivity index (χ0) is 27.9. The average Bonchev–Trinajstić information content (AvgIpc) is 3.68. The van der Waals surface area contributed by atoms with Crippen LogP contribution in [-0.2, 0) is 20.9 Å². The van der Waals surface area contributed by atoms with Crippen molar-refractivity contribution >= 4 is 29.7 Å². The maximum Gasteiger partial charge on any atom is 0.408 e. The first-order chi connectivity index (χ1) is 18.0. The fourth-order valence-corrected chi connectivity index (χ4v) is 4.90. The minimum Gasteiger partial charge on any atom is -0.444 e. The van der Waals surface area contributed by atoms with E-state index >= 15 is 0 Å². The third-order valence-electron chi connectivity index (χ3n) is 6.35. The summed E-state index contributed by atoms with van der Waals surface area (Å²) >= 11 is 1.60. The monoisotopic (exact) mass is 539 g/mol. The zero-order valence-electron chi connectivity index (χ0n) is 23.4. The molecule has 1 saturated carbocycles. The molecular formula is C30H41N3O4S. The maximum absolute atomic E-state index is 14.2. The third kappa shape index (κ3) is 8.51. The Morgan fingerprint density at radius 2 is 1.76 bits per heavy atom. The number of nitrogens with zero attached hydrogens (tertiary/aromatic N) is 1. The summed E-state index contributed by atoms with van der Waals surface area (Å²) in [7, 11) is 0. The second-order valence-corrected chi connectivity index (χ2v) is 11.9. The number of carbonyl (C=O) groups excluding carboxylic acids is 3. The Bertz CT molecular complexity index is 1110. The molecule has 2 atom stereocenters. The summed E-state index contributed by atoms with van der Waals surface area (Å²) < 4.78 is 5.46.